The number of carbonyl (C=O) groups is 2. The Kier molecular flexibility index (Phi) is 7.55. The van der Waals surface area contributed by atoms with Gasteiger partial charge >= 0.3 is 6.03 Å². The maximum atomic E-state index is 12.3. The van der Waals surface area contributed by atoms with Crippen LogP contribution in [0.5, 0.6) is 11.5 Å². The van der Waals surface area contributed by atoms with Crippen LogP contribution in [0.3, 0.4) is 0 Å². The number of aliphatic hydroxyl groups is 1. The number of benzene rings is 2. The first-order valence-corrected chi connectivity index (χ1v) is 11.9. The summed E-state index contributed by atoms with van der Waals surface area (Å²) in [6, 6.07) is 10.9. The molecule has 1 fully saturated rings. The molecule has 0 bridgehead atoms. The summed E-state index contributed by atoms with van der Waals surface area (Å²) < 4.78 is 11.5. The third-order valence-electron chi connectivity index (χ3n) is 6.44. The molecular formula is C26H32N4O5. The highest BCUT2D eigenvalue weighted by atomic mass is 16.5. The van der Waals surface area contributed by atoms with E-state index in [-0.39, 0.29) is 36.9 Å². The average molecular weight is 481 g/mol. The Hall–Kier alpha value is -3.59. The van der Waals surface area contributed by atoms with E-state index in [0.29, 0.717) is 30.2 Å². The van der Waals surface area contributed by atoms with Crippen molar-refractivity contribution in [3.05, 3.63) is 53.1 Å². The van der Waals surface area contributed by atoms with Gasteiger partial charge in [0.05, 0.1) is 31.6 Å². The van der Waals surface area contributed by atoms with Gasteiger partial charge in [0.2, 0.25) is 5.91 Å². The highest BCUT2D eigenvalue weighted by Crippen LogP contribution is 2.45. The van der Waals surface area contributed by atoms with Gasteiger partial charge in [-0.15, -0.1) is 0 Å². The first kappa shape index (κ1) is 24.5. The Morgan fingerprint density at radius 2 is 2.03 bits per heavy atom. The van der Waals surface area contributed by atoms with Gasteiger partial charge in [0.15, 0.2) is 11.5 Å². The molecule has 0 aromatic heterocycles. The van der Waals surface area contributed by atoms with E-state index in [1.165, 1.54) is 0 Å². The molecule has 4 rings (SSSR count). The number of urea groups is 1. The number of anilines is 1. The summed E-state index contributed by atoms with van der Waals surface area (Å²) in [6.07, 6.45) is 1.94. The number of nitrogens with one attached hydrogen (secondary N) is 2. The number of amides is 3. The molecule has 0 saturated heterocycles. The smallest absolute Gasteiger partial charge is 0.312 e. The number of hydrogen-bond acceptors (Lipinski definition) is 6. The molecule has 2 aromatic rings. The number of nitrogens with zero attached hydrogens (tertiary/aromatic N) is 1. The molecule has 5 N–H and O–H groups in total. The van der Waals surface area contributed by atoms with E-state index in [4.69, 9.17) is 20.2 Å². The van der Waals surface area contributed by atoms with Crippen LogP contribution in [0.4, 0.5) is 10.5 Å². The molecule has 186 valence electrons. The summed E-state index contributed by atoms with van der Waals surface area (Å²) in [5, 5.41) is 15.6. The predicted molar refractivity (Wildman–Crippen MR) is 133 cm³/mol. The summed E-state index contributed by atoms with van der Waals surface area (Å²) in [4.78, 5) is 28.2. The van der Waals surface area contributed by atoms with Crippen molar-refractivity contribution < 1.29 is 24.2 Å². The summed E-state index contributed by atoms with van der Waals surface area (Å²) in [7, 11) is 1.61. The fourth-order valence-electron chi connectivity index (χ4n) is 4.87. The lowest BCUT2D eigenvalue weighted by molar-refractivity contribution is -0.116. The molecule has 35 heavy (non-hydrogen) atoms. The molecule has 0 radical (unpaired) electrons. The summed E-state index contributed by atoms with van der Waals surface area (Å²) in [5.74, 6) is 1.17. The Balaban J connectivity index is 1.68. The predicted octanol–water partition coefficient (Wildman–Crippen LogP) is 2.94. The molecule has 9 heteroatoms. The lowest BCUT2D eigenvalue weighted by Crippen LogP contribution is -2.34. The Morgan fingerprint density at radius 1 is 1.20 bits per heavy atom. The summed E-state index contributed by atoms with van der Waals surface area (Å²) in [6.45, 7) is 2.62. The van der Waals surface area contributed by atoms with Crippen molar-refractivity contribution in [1.82, 2.24) is 5.32 Å². The van der Waals surface area contributed by atoms with Crippen LogP contribution in [0.2, 0.25) is 0 Å². The normalized spacial score (nSPS) is 20.7. The molecule has 9 nitrogen and oxygen atoms in total. The lowest BCUT2D eigenvalue weighted by Gasteiger charge is -2.37. The van der Waals surface area contributed by atoms with Gasteiger partial charge in [0.25, 0.3) is 0 Å². The van der Waals surface area contributed by atoms with Crippen molar-refractivity contribution >= 4 is 23.3 Å². The fourth-order valence-corrected chi connectivity index (χ4v) is 4.87. The molecule has 3 atom stereocenters. The quantitative estimate of drug-likeness (QED) is 0.461. The van der Waals surface area contributed by atoms with E-state index in [1.54, 1.807) is 7.11 Å². The van der Waals surface area contributed by atoms with Crippen LogP contribution < -0.4 is 25.8 Å². The van der Waals surface area contributed by atoms with Crippen molar-refractivity contribution in [2.75, 3.05) is 25.6 Å². The number of methoxy groups -OCH3 is 1. The van der Waals surface area contributed by atoms with Crippen molar-refractivity contribution in [3.8, 4) is 11.5 Å². The minimum atomic E-state index is -0.662. The third kappa shape index (κ3) is 5.57. The number of hydrogen-bond donors (Lipinski definition) is 4. The number of aliphatic imine (C=N–C) groups is 1. The van der Waals surface area contributed by atoms with Crippen LogP contribution in [-0.4, -0.2) is 55.2 Å². The molecule has 2 aromatic carbocycles. The second-order valence-corrected chi connectivity index (χ2v) is 8.81. The number of ether oxygens (including phenoxy) is 2. The van der Waals surface area contributed by atoms with E-state index in [2.05, 4.69) is 10.6 Å². The monoisotopic (exact) mass is 480 g/mol. The molecule has 1 aliphatic carbocycles. The minimum Gasteiger partial charge on any atom is -0.493 e. The maximum Gasteiger partial charge on any atom is 0.312 e. The molecule has 1 aliphatic heterocycles. The van der Waals surface area contributed by atoms with E-state index in [0.717, 1.165) is 35.2 Å². The van der Waals surface area contributed by atoms with Gasteiger partial charge in [-0.1, -0.05) is 12.1 Å². The topological polar surface area (TPSA) is 135 Å². The zero-order valence-electron chi connectivity index (χ0n) is 20.0. The van der Waals surface area contributed by atoms with E-state index >= 15 is 0 Å². The largest absolute Gasteiger partial charge is 0.493 e. The maximum absolute atomic E-state index is 12.3. The minimum absolute atomic E-state index is 0.0573. The molecule has 0 spiro atoms. The van der Waals surface area contributed by atoms with Crippen LogP contribution in [0.15, 0.2) is 41.4 Å². The first-order valence-electron chi connectivity index (χ1n) is 11.9. The van der Waals surface area contributed by atoms with Gasteiger partial charge in [-0.05, 0) is 56.0 Å². The van der Waals surface area contributed by atoms with Crippen LogP contribution in [-0.2, 0) is 4.79 Å². The Labute approximate surface area is 204 Å². The van der Waals surface area contributed by atoms with Crippen molar-refractivity contribution in [2.45, 2.75) is 50.7 Å². The fraction of sp³-hybridized carbons (Fsp3) is 0.423. The van der Waals surface area contributed by atoms with Gasteiger partial charge in [-0.3, -0.25) is 9.79 Å². The second kappa shape index (κ2) is 10.8. The zero-order valence-corrected chi connectivity index (χ0v) is 20.0. The molecule has 1 heterocycles. The van der Waals surface area contributed by atoms with Crippen LogP contribution in [0, 0.1) is 0 Å². The number of rotatable bonds is 8. The van der Waals surface area contributed by atoms with Gasteiger partial charge < -0.3 is 30.9 Å². The average Bonchev–Trinajstić information content (AvgIpc) is 2.83. The summed E-state index contributed by atoms with van der Waals surface area (Å²) >= 11 is 0. The SMILES string of the molecule is CCOc1cc2c(cc1OC)C(c1cccc(NC(=O)CCNC(N)=O)c1)=NC1CCC(O)CC21. The van der Waals surface area contributed by atoms with Gasteiger partial charge in [0.1, 0.15) is 0 Å². The third-order valence-corrected chi connectivity index (χ3v) is 6.44. The second-order valence-electron chi connectivity index (χ2n) is 8.81. The van der Waals surface area contributed by atoms with Gasteiger partial charge in [-0.2, -0.15) is 0 Å². The number of carbonyl (C=O) groups excluding carboxylic acids is 2. The van der Waals surface area contributed by atoms with Crippen molar-refractivity contribution in [1.29, 1.82) is 0 Å². The number of primary amides is 1. The Bertz CT molecular complexity index is 1130. The van der Waals surface area contributed by atoms with Crippen LogP contribution >= 0.6 is 0 Å². The molecule has 2 aliphatic rings. The molecular weight excluding hydrogens is 448 g/mol. The summed E-state index contributed by atoms with van der Waals surface area (Å²) in [5.41, 5.74) is 9.41. The van der Waals surface area contributed by atoms with Gasteiger partial charge in [-0.25, -0.2) is 4.79 Å². The van der Waals surface area contributed by atoms with Crippen LogP contribution in [0.1, 0.15) is 55.2 Å². The highest BCUT2D eigenvalue weighted by Gasteiger charge is 2.37. The van der Waals surface area contributed by atoms with E-state index in [9.17, 15) is 14.7 Å². The number of fused-ring (bicyclic) bond motifs is 3. The lowest BCUT2D eigenvalue weighted by atomic mass is 9.74. The van der Waals surface area contributed by atoms with Crippen molar-refractivity contribution in [3.63, 3.8) is 0 Å². The zero-order chi connectivity index (χ0) is 24.9. The van der Waals surface area contributed by atoms with Crippen LogP contribution in [0.25, 0.3) is 0 Å². The molecule has 1 saturated carbocycles. The first-order chi connectivity index (χ1) is 16.9. The standard InChI is InChI=1S/C26H32N4O5/c1-3-35-23-13-18-19-12-17(31)7-8-21(19)30-25(20(18)14-22(23)34-2)15-5-4-6-16(11-15)29-24(32)9-10-28-26(27)33/h4-6,11,13-14,17,19,21,31H,3,7-10,12H2,1-2H3,(H,29,32)(H3,27,28,33). The molecule has 3 amide bonds. The number of aliphatic hydroxyl groups excluding tert-OH is 1. The number of nitrogens with two attached hydrogens (primary N) is 1. The molecule has 3 unspecified atom stereocenters. The van der Waals surface area contributed by atoms with E-state index in [1.807, 2.05) is 43.3 Å². The van der Waals surface area contributed by atoms with Crippen molar-refractivity contribution in [2.24, 2.45) is 10.7 Å². The van der Waals surface area contributed by atoms with Gasteiger partial charge in [0, 0.05) is 35.7 Å². The highest BCUT2D eigenvalue weighted by molar-refractivity contribution is 6.15. The van der Waals surface area contributed by atoms with E-state index < -0.39 is 6.03 Å². The Morgan fingerprint density at radius 3 is 2.77 bits per heavy atom.